The first-order chi connectivity index (χ1) is 9.15. The molecule has 2 fully saturated rings. The summed E-state index contributed by atoms with van der Waals surface area (Å²) < 4.78 is 5.10. The van der Waals surface area contributed by atoms with Gasteiger partial charge in [0.05, 0.1) is 5.92 Å². The first kappa shape index (κ1) is 14.1. The molecule has 1 amide bonds. The lowest BCUT2D eigenvalue weighted by atomic mass is 9.73. The summed E-state index contributed by atoms with van der Waals surface area (Å²) in [6.45, 7) is 4.45. The summed E-state index contributed by atoms with van der Waals surface area (Å²) in [7, 11) is 1.84. The van der Waals surface area contributed by atoms with Gasteiger partial charge in [0, 0.05) is 13.6 Å². The molecule has 3 unspecified atom stereocenters. The number of hydrogen-bond acceptors (Lipinski definition) is 3. The smallest absolute Gasteiger partial charge is 0.313 e. The molecule has 0 N–H and O–H groups in total. The SMILES string of the molecule is C=CCCCCN(C)C(=O)C1CCCC2OC(=O)C21. The average molecular weight is 265 g/mol. The minimum atomic E-state index is -0.178. The van der Waals surface area contributed by atoms with Gasteiger partial charge in [0.2, 0.25) is 5.91 Å². The molecule has 19 heavy (non-hydrogen) atoms. The summed E-state index contributed by atoms with van der Waals surface area (Å²) in [5.41, 5.74) is 0. The molecule has 2 aliphatic rings. The van der Waals surface area contributed by atoms with Crippen LogP contribution in [0.4, 0.5) is 0 Å². The normalized spacial score (nSPS) is 28.9. The van der Waals surface area contributed by atoms with Crippen molar-refractivity contribution >= 4 is 11.9 Å². The number of esters is 1. The van der Waals surface area contributed by atoms with Crippen molar-refractivity contribution < 1.29 is 14.3 Å². The molecule has 4 heteroatoms. The molecule has 0 bridgehead atoms. The van der Waals surface area contributed by atoms with Gasteiger partial charge in [-0.15, -0.1) is 6.58 Å². The zero-order valence-corrected chi connectivity index (χ0v) is 11.6. The molecule has 1 heterocycles. The van der Waals surface area contributed by atoms with E-state index in [1.807, 2.05) is 13.1 Å². The Balaban J connectivity index is 1.84. The van der Waals surface area contributed by atoms with Crippen molar-refractivity contribution in [2.45, 2.75) is 44.6 Å². The third kappa shape index (κ3) is 2.99. The van der Waals surface area contributed by atoms with Gasteiger partial charge in [-0.2, -0.15) is 0 Å². The Hall–Kier alpha value is -1.32. The molecular weight excluding hydrogens is 242 g/mol. The Bertz CT molecular complexity index is 366. The van der Waals surface area contributed by atoms with Gasteiger partial charge in [-0.25, -0.2) is 0 Å². The fraction of sp³-hybridized carbons (Fsp3) is 0.733. The molecule has 1 saturated heterocycles. The second-order valence-corrected chi connectivity index (χ2v) is 5.58. The van der Waals surface area contributed by atoms with Crippen LogP contribution in [0.3, 0.4) is 0 Å². The molecule has 4 nitrogen and oxygen atoms in total. The lowest BCUT2D eigenvalue weighted by Crippen LogP contribution is -2.55. The van der Waals surface area contributed by atoms with Crippen molar-refractivity contribution in [3.63, 3.8) is 0 Å². The molecule has 3 atom stereocenters. The number of amides is 1. The lowest BCUT2D eigenvalue weighted by Gasteiger charge is -2.43. The average Bonchev–Trinajstić information content (AvgIpc) is 2.40. The first-order valence-corrected chi connectivity index (χ1v) is 7.21. The van der Waals surface area contributed by atoms with Crippen LogP contribution in [0.5, 0.6) is 0 Å². The van der Waals surface area contributed by atoms with Gasteiger partial charge < -0.3 is 9.64 Å². The van der Waals surface area contributed by atoms with E-state index in [0.717, 1.165) is 45.1 Å². The second kappa shape index (κ2) is 6.22. The summed E-state index contributed by atoms with van der Waals surface area (Å²) in [5, 5.41) is 0. The van der Waals surface area contributed by atoms with Crippen molar-refractivity contribution in [3.05, 3.63) is 12.7 Å². The highest BCUT2D eigenvalue weighted by Crippen LogP contribution is 2.40. The van der Waals surface area contributed by atoms with Gasteiger partial charge in [-0.1, -0.05) is 6.08 Å². The number of hydrogen-bond donors (Lipinski definition) is 0. The molecule has 0 spiro atoms. The lowest BCUT2D eigenvalue weighted by molar-refractivity contribution is -0.198. The molecule has 2 rings (SSSR count). The number of carbonyl (C=O) groups is 2. The molecule has 1 saturated carbocycles. The zero-order valence-electron chi connectivity index (χ0n) is 11.6. The van der Waals surface area contributed by atoms with Crippen LogP contribution in [0.1, 0.15) is 38.5 Å². The van der Waals surface area contributed by atoms with Crippen molar-refractivity contribution in [2.75, 3.05) is 13.6 Å². The Labute approximate surface area is 114 Å². The van der Waals surface area contributed by atoms with E-state index in [9.17, 15) is 9.59 Å². The van der Waals surface area contributed by atoms with Crippen LogP contribution < -0.4 is 0 Å². The quantitative estimate of drug-likeness (QED) is 0.420. The van der Waals surface area contributed by atoms with Crippen LogP contribution in [0, 0.1) is 11.8 Å². The monoisotopic (exact) mass is 265 g/mol. The fourth-order valence-electron chi connectivity index (χ4n) is 3.07. The van der Waals surface area contributed by atoms with E-state index < -0.39 is 0 Å². The number of rotatable bonds is 6. The Kier molecular flexibility index (Phi) is 4.61. The van der Waals surface area contributed by atoms with Crippen LogP contribution in [0.15, 0.2) is 12.7 Å². The van der Waals surface area contributed by atoms with Crippen LogP contribution >= 0.6 is 0 Å². The highest BCUT2D eigenvalue weighted by Gasteiger charge is 2.52. The topological polar surface area (TPSA) is 46.6 Å². The number of unbranched alkanes of at least 4 members (excludes halogenated alkanes) is 2. The van der Waals surface area contributed by atoms with Crippen molar-refractivity contribution in [1.29, 1.82) is 0 Å². The summed E-state index contributed by atoms with van der Waals surface area (Å²) in [6.07, 6.45) is 7.66. The highest BCUT2D eigenvalue weighted by atomic mass is 16.6. The van der Waals surface area contributed by atoms with Gasteiger partial charge in [-0.05, 0) is 38.5 Å². The molecule has 1 aliphatic heterocycles. The number of nitrogens with zero attached hydrogens (tertiary/aromatic N) is 1. The Morgan fingerprint density at radius 1 is 1.47 bits per heavy atom. The van der Waals surface area contributed by atoms with Gasteiger partial charge in [0.1, 0.15) is 12.0 Å². The first-order valence-electron chi connectivity index (χ1n) is 7.21. The number of fused-ring (bicyclic) bond motifs is 1. The van der Waals surface area contributed by atoms with E-state index in [1.54, 1.807) is 4.90 Å². The Morgan fingerprint density at radius 2 is 2.26 bits per heavy atom. The minimum absolute atomic E-state index is 0.00404. The molecule has 0 aromatic rings. The van der Waals surface area contributed by atoms with Crippen LogP contribution in [0.25, 0.3) is 0 Å². The van der Waals surface area contributed by atoms with E-state index in [2.05, 4.69) is 6.58 Å². The maximum Gasteiger partial charge on any atom is 0.313 e. The van der Waals surface area contributed by atoms with E-state index in [0.29, 0.717) is 0 Å². The number of ether oxygens (including phenoxy) is 1. The van der Waals surface area contributed by atoms with Crippen LogP contribution in [-0.4, -0.2) is 36.5 Å². The predicted molar refractivity (Wildman–Crippen MR) is 72.4 cm³/mol. The minimum Gasteiger partial charge on any atom is -0.461 e. The maximum absolute atomic E-state index is 12.4. The maximum atomic E-state index is 12.4. The number of carbonyl (C=O) groups excluding carboxylic acids is 2. The third-order valence-corrected chi connectivity index (χ3v) is 4.22. The van der Waals surface area contributed by atoms with Gasteiger partial charge in [0.15, 0.2) is 0 Å². The van der Waals surface area contributed by atoms with E-state index in [4.69, 9.17) is 4.74 Å². The molecular formula is C15H23NO3. The zero-order chi connectivity index (χ0) is 13.8. The molecule has 106 valence electrons. The Morgan fingerprint density at radius 3 is 2.95 bits per heavy atom. The van der Waals surface area contributed by atoms with Gasteiger partial charge >= 0.3 is 5.97 Å². The summed E-state index contributed by atoms with van der Waals surface area (Å²) in [4.78, 5) is 25.7. The largest absolute Gasteiger partial charge is 0.461 e. The van der Waals surface area contributed by atoms with Gasteiger partial charge in [0.25, 0.3) is 0 Å². The van der Waals surface area contributed by atoms with Crippen LogP contribution in [-0.2, 0) is 14.3 Å². The predicted octanol–water partition coefficient (Wildman–Crippen LogP) is 2.14. The fourth-order valence-corrected chi connectivity index (χ4v) is 3.07. The molecule has 0 radical (unpaired) electrons. The summed E-state index contributed by atoms with van der Waals surface area (Å²) in [5.74, 6) is -0.380. The van der Waals surface area contributed by atoms with Crippen molar-refractivity contribution in [2.24, 2.45) is 11.8 Å². The third-order valence-electron chi connectivity index (χ3n) is 4.22. The number of allylic oxidation sites excluding steroid dienone is 1. The van der Waals surface area contributed by atoms with E-state index in [1.165, 1.54) is 0 Å². The summed E-state index contributed by atoms with van der Waals surface area (Å²) >= 11 is 0. The van der Waals surface area contributed by atoms with Crippen LogP contribution in [0.2, 0.25) is 0 Å². The standard InChI is InChI=1S/C15H23NO3/c1-3-4-5-6-10-16(2)14(17)11-8-7-9-12-13(11)15(18)19-12/h3,11-13H,1,4-10H2,2H3. The molecule has 0 aromatic heterocycles. The highest BCUT2D eigenvalue weighted by molar-refractivity contribution is 5.88. The van der Waals surface area contributed by atoms with Crippen molar-refractivity contribution in [3.8, 4) is 0 Å². The van der Waals surface area contributed by atoms with E-state index in [-0.39, 0.29) is 29.8 Å². The second-order valence-electron chi connectivity index (χ2n) is 5.58. The molecule has 0 aromatic carbocycles. The van der Waals surface area contributed by atoms with Crippen molar-refractivity contribution in [1.82, 2.24) is 4.90 Å². The molecule has 1 aliphatic carbocycles. The van der Waals surface area contributed by atoms with Gasteiger partial charge in [-0.3, -0.25) is 9.59 Å². The summed E-state index contributed by atoms with van der Waals surface area (Å²) in [6, 6.07) is 0. The van der Waals surface area contributed by atoms with E-state index >= 15 is 0 Å².